The molecule has 2 aromatic carbocycles. The zero-order valence-corrected chi connectivity index (χ0v) is 11.2. The van der Waals surface area contributed by atoms with E-state index in [0.717, 1.165) is 12.8 Å². The topological polar surface area (TPSA) is 12.0 Å². The lowest BCUT2D eigenvalue weighted by molar-refractivity contribution is 0.549. The normalized spacial score (nSPS) is 12.6. The van der Waals surface area contributed by atoms with E-state index in [1.165, 1.54) is 21.9 Å². The zero-order valence-electron chi connectivity index (χ0n) is 11.2. The fourth-order valence-electron chi connectivity index (χ4n) is 2.29. The average molecular weight is 239 g/mol. The highest BCUT2D eigenvalue weighted by Gasteiger charge is 2.09. The Morgan fingerprint density at radius 3 is 2.56 bits per heavy atom. The number of allylic oxidation sites excluding steroid dienone is 1. The molecule has 1 N–H and O–H groups in total. The molecule has 1 heteroatoms. The molecule has 2 rings (SSSR count). The first-order valence-corrected chi connectivity index (χ1v) is 6.51. The van der Waals surface area contributed by atoms with Gasteiger partial charge in [-0.25, -0.2) is 0 Å². The molecule has 2 aromatic rings. The van der Waals surface area contributed by atoms with Gasteiger partial charge in [-0.05, 0) is 49.2 Å². The lowest BCUT2D eigenvalue weighted by Gasteiger charge is -2.17. The van der Waals surface area contributed by atoms with Crippen molar-refractivity contribution in [3.63, 3.8) is 0 Å². The summed E-state index contributed by atoms with van der Waals surface area (Å²) in [5.74, 6) is 0. The van der Waals surface area contributed by atoms with Crippen molar-refractivity contribution in [2.24, 2.45) is 0 Å². The Bertz CT molecular complexity index is 542. The van der Waals surface area contributed by atoms with Crippen molar-refractivity contribution in [1.29, 1.82) is 0 Å². The van der Waals surface area contributed by atoms with Crippen molar-refractivity contribution in [1.82, 2.24) is 5.32 Å². The Labute approximate surface area is 110 Å². The van der Waals surface area contributed by atoms with Crippen molar-refractivity contribution < 1.29 is 0 Å². The van der Waals surface area contributed by atoms with Crippen LogP contribution in [0.4, 0.5) is 0 Å². The van der Waals surface area contributed by atoms with Gasteiger partial charge in [0.25, 0.3) is 0 Å². The monoisotopic (exact) mass is 239 g/mol. The molecule has 0 aliphatic heterocycles. The molecule has 0 aliphatic carbocycles. The van der Waals surface area contributed by atoms with Crippen LogP contribution in [0.15, 0.2) is 54.6 Å². The summed E-state index contributed by atoms with van der Waals surface area (Å²) >= 11 is 0. The van der Waals surface area contributed by atoms with E-state index in [2.05, 4.69) is 61.3 Å². The Balaban J connectivity index is 2.24. The maximum atomic E-state index is 3.98. The van der Waals surface area contributed by atoms with Gasteiger partial charge in [0.05, 0.1) is 0 Å². The van der Waals surface area contributed by atoms with Crippen LogP contribution in [0.2, 0.25) is 0 Å². The first-order chi connectivity index (χ1) is 8.70. The first-order valence-electron chi connectivity index (χ1n) is 6.51. The van der Waals surface area contributed by atoms with Crippen molar-refractivity contribution in [2.75, 3.05) is 7.05 Å². The average Bonchev–Trinajstić information content (AvgIpc) is 2.39. The highest BCUT2D eigenvalue weighted by molar-refractivity contribution is 5.83. The molecule has 0 spiro atoms. The second-order valence-electron chi connectivity index (χ2n) is 4.94. The molecular formula is C17H21N. The Hall–Kier alpha value is -1.60. The molecule has 0 bridgehead atoms. The summed E-state index contributed by atoms with van der Waals surface area (Å²) in [6, 6.07) is 15.6. The standard InChI is InChI=1S/C17H21N/c1-13(2)8-11-17(18-3)16-10-9-14-6-4-5-7-15(14)12-16/h4-7,9-10,12,17-18H,1,8,11H2,2-3H3. The quantitative estimate of drug-likeness (QED) is 0.760. The molecule has 0 saturated carbocycles. The van der Waals surface area contributed by atoms with Gasteiger partial charge in [-0.15, -0.1) is 6.58 Å². The number of benzene rings is 2. The third-order valence-corrected chi connectivity index (χ3v) is 3.38. The van der Waals surface area contributed by atoms with Crippen LogP contribution in [0.5, 0.6) is 0 Å². The van der Waals surface area contributed by atoms with E-state index in [1.807, 2.05) is 7.05 Å². The van der Waals surface area contributed by atoms with E-state index in [0.29, 0.717) is 6.04 Å². The van der Waals surface area contributed by atoms with E-state index < -0.39 is 0 Å². The second kappa shape index (κ2) is 5.83. The van der Waals surface area contributed by atoms with Gasteiger partial charge in [0.2, 0.25) is 0 Å². The number of hydrogen-bond acceptors (Lipinski definition) is 1. The van der Waals surface area contributed by atoms with E-state index in [-0.39, 0.29) is 0 Å². The van der Waals surface area contributed by atoms with E-state index in [9.17, 15) is 0 Å². The molecule has 0 fully saturated rings. The Kier molecular flexibility index (Phi) is 4.16. The molecule has 1 atom stereocenters. The molecule has 0 amide bonds. The van der Waals surface area contributed by atoms with Gasteiger partial charge in [-0.2, -0.15) is 0 Å². The van der Waals surface area contributed by atoms with Gasteiger partial charge in [0.15, 0.2) is 0 Å². The minimum atomic E-state index is 0.409. The van der Waals surface area contributed by atoms with Crippen LogP contribution in [0.3, 0.4) is 0 Å². The van der Waals surface area contributed by atoms with Crippen LogP contribution in [0.25, 0.3) is 10.8 Å². The molecular weight excluding hydrogens is 218 g/mol. The van der Waals surface area contributed by atoms with Crippen LogP contribution in [0, 0.1) is 0 Å². The van der Waals surface area contributed by atoms with Crippen molar-refractivity contribution >= 4 is 10.8 Å². The van der Waals surface area contributed by atoms with E-state index in [1.54, 1.807) is 0 Å². The smallest absolute Gasteiger partial charge is 0.0320 e. The molecule has 0 heterocycles. The van der Waals surface area contributed by atoms with Gasteiger partial charge >= 0.3 is 0 Å². The SMILES string of the molecule is C=C(C)CCC(NC)c1ccc2ccccc2c1. The molecule has 0 radical (unpaired) electrons. The summed E-state index contributed by atoms with van der Waals surface area (Å²) < 4.78 is 0. The minimum Gasteiger partial charge on any atom is -0.313 e. The first kappa shape index (κ1) is 12.8. The van der Waals surface area contributed by atoms with Crippen LogP contribution < -0.4 is 5.32 Å². The molecule has 0 aromatic heterocycles. The van der Waals surface area contributed by atoms with Crippen LogP contribution in [0.1, 0.15) is 31.4 Å². The van der Waals surface area contributed by atoms with Crippen molar-refractivity contribution in [2.45, 2.75) is 25.8 Å². The predicted molar refractivity (Wildman–Crippen MR) is 79.8 cm³/mol. The van der Waals surface area contributed by atoms with Gasteiger partial charge < -0.3 is 5.32 Å². The molecule has 1 nitrogen and oxygen atoms in total. The molecule has 0 aliphatic rings. The zero-order chi connectivity index (χ0) is 13.0. The number of rotatable bonds is 5. The molecule has 1 unspecified atom stereocenters. The third kappa shape index (κ3) is 2.99. The second-order valence-corrected chi connectivity index (χ2v) is 4.94. The van der Waals surface area contributed by atoms with E-state index in [4.69, 9.17) is 0 Å². The van der Waals surface area contributed by atoms with Crippen LogP contribution >= 0.6 is 0 Å². The summed E-state index contributed by atoms with van der Waals surface area (Å²) in [4.78, 5) is 0. The molecule has 18 heavy (non-hydrogen) atoms. The maximum absolute atomic E-state index is 3.98. The highest BCUT2D eigenvalue weighted by atomic mass is 14.9. The van der Waals surface area contributed by atoms with Gasteiger partial charge in [0.1, 0.15) is 0 Å². The summed E-state index contributed by atoms with van der Waals surface area (Å²) in [5.41, 5.74) is 2.61. The number of nitrogens with one attached hydrogen (secondary N) is 1. The molecule has 94 valence electrons. The lowest BCUT2D eigenvalue weighted by atomic mass is 9.97. The van der Waals surface area contributed by atoms with E-state index >= 15 is 0 Å². The Morgan fingerprint density at radius 1 is 1.17 bits per heavy atom. The largest absolute Gasteiger partial charge is 0.313 e. The van der Waals surface area contributed by atoms with Crippen LogP contribution in [-0.4, -0.2) is 7.05 Å². The summed E-state index contributed by atoms with van der Waals surface area (Å²) in [6.45, 7) is 6.07. The predicted octanol–water partition coefficient (Wildman–Crippen LogP) is 4.46. The summed E-state index contributed by atoms with van der Waals surface area (Å²) in [7, 11) is 2.03. The number of fused-ring (bicyclic) bond motifs is 1. The van der Waals surface area contributed by atoms with Crippen molar-refractivity contribution in [3.8, 4) is 0 Å². The summed E-state index contributed by atoms with van der Waals surface area (Å²) in [5, 5.41) is 6.01. The fraction of sp³-hybridized carbons (Fsp3) is 0.294. The van der Waals surface area contributed by atoms with Gasteiger partial charge in [-0.1, -0.05) is 42.0 Å². The fourth-order valence-corrected chi connectivity index (χ4v) is 2.29. The summed E-state index contributed by atoms with van der Waals surface area (Å²) in [6.07, 6.45) is 2.17. The minimum absolute atomic E-state index is 0.409. The lowest BCUT2D eigenvalue weighted by Crippen LogP contribution is -2.16. The van der Waals surface area contributed by atoms with Gasteiger partial charge in [-0.3, -0.25) is 0 Å². The van der Waals surface area contributed by atoms with Gasteiger partial charge in [0, 0.05) is 6.04 Å². The number of hydrogen-bond donors (Lipinski definition) is 1. The highest BCUT2D eigenvalue weighted by Crippen LogP contribution is 2.24. The van der Waals surface area contributed by atoms with Crippen molar-refractivity contribution in [3.05, 3.63) is 60.2 Å². The Morgan fingerprint density at radius 2 is 1.89 bits per heavy atom. The third-order valence-electron chi connectivity index (χ3n) is 3.38. The maximum Gasteiger partial charge on any atom is 0.0320 e. The molecule has 0 saturated heterocycles. The van der Waals surface area contributed by atoms with Crippen LogP contribution in [-0.2, 0) is 0 Å².